The first-order chi connectivity index (χ1) is 13.1. The topological polar surface area (TPSA) is 85.4 Å². The molecule has 1 amide bonds. The number of nitro groups is 1. The van der Waals surface area contributed by atoms with Gasteiger partial charge in [-0.15, -0.1) is 0 Å². The molecule has 4 aromatic rings. The first-order valence-electron chi connectivity index (χ1n) is 8.25. The zero-order valence-electron chi connectivity index (χ0n) is 14.1. The minimum atomic E-state index is -0.463. The van der Waals surface area contributed by atoms with Crippen molar-refractivity contribution in [1.29, 1.82) is 0 Å². The largest absolute Gasteiger partial charge is 0.451 e. The average molecular weight is 358 g/mol. The van der Waals surface area contributed by atoms with Crippen molar-refractivity contribution < 1.29 is 14.1 Å². The minimum Gasteiger partial charge on any atom is -0.451 e. The van der Waals surface area contributed by atoms with Gasteiger partial charge in [-0.2, -0.15) is 0 Å². The summed E-state index contributed by atoms with van der Waals surface area (Å²) in [6.45, 7) is 0. The molecule has 3 aromatic carbocycles. The summed E-state index contributed by atoms with van der Waals surface area (Å²) in [6.07, 6.45) is 0. The van der Waals surface area contributed by atoms with Crippen molar-refractivity contribution in [2.75, 3.05) is 5.32 Å². The predicted octanol–water partition coefficient (Wildman–Crippen LogP) is 5.26. The zero-order chi connectivity index (χ0) is 18.8. The van der Waals surface area contributed by atoms with Crippen LogP contribution in [0.5, 0.6) is 0 Å². The highest BCUT2D eigenvalue weighted by Gasteiger charge is 2.14. The first-order valence-corrected chi connectivity index (χ1v) is 8.25. The molecule has 1 aromatic heterocycles. The number of anilines is 1. The molecule has 6 nitrogen and oxygen atoms in total. The van der Waals surface area contributed by atoms with Gasteiger partial charge in [-0.3, -0.25) is 14.9 Å². The molecule has 0 bridgehead atoms. The Hall–Kier alpha value is -3.93. The van der Waals surface area contributed by atoms with E-state index < -0.39 is 4.92 Å². The maximum absolute atomic E-state index is 12.6. The third-order valence-electron chi connectivity index (χ3n) is 4.23. The summed E-state index contributed by atoms with van der Waals surface area (Å²) in [5.74, 6) is 0.267. The van der Waals surface area contributed by atoms with E-state index in [1.54, 1.807) is 24.3 Å². The van der Waals surface area contributed by atoms with Crippen molar-refractivity contribution in [2.45, 2.75) is 0 Å². The van der Waals surface area contributed by atoms with Crippen LogP contribution in [0.1, 0.15) is 10.6 Å². The highest BCUT2D eigenvalue weighted by molar-refractivity contribution is 6.08. The summed E-state index contributed by atoms with van der Waals surface area (Å²) < 4.78 is 5.63. The Balaban J connectivity index is 1.57. The summed E-state index contributed by atoms with van der Waals surface area (Å²) in [5.41, 5.74) is 1.36. The smallest absolute Gasteiger partial charge is 0.291 e. The number of nitrogens with one attached hydrogen (secondary N) is 1. The van der Waals surface area contributed by atoms with Crippen molar-refractivity contribution in [3.8, 4) is 11.3 Å². The Morgan fingerprint density at radius 3 is 2.41 bits per heavy atom. The fourth-order valence-corrected chi connectivity index (χ4v) is 2.88. The summed E-state index contributed by atoms with van der Waals surface area (Å²) in [4.78, 5) is 22.8. The molecule has 1 N–H and O–H groups in total. The molecule has 1 heterocycles. The number of nitro benzene ring substituents is 1. The third kappa shape index (κ3) is 3.28. The lowest BCUT2D eigenvalue weighted by Crippen LogP contribution is -2.11. The van der Waals surface area contributed by atoms with Gasteiger partial charge in [0.05, 0.1) is 4.92 Å². The number of nitrogens with zero attached hydrogens (tertiary/aromatic N) is 1. The average Bonchev–Trinajstić information content (AvgIpc) is 3.19. The van der Waals surface area contributed by atoms with E-state index in [-0.39, 0.29) is 17.4 Å². The summed E-state index contributed by atoms with van der Waals surface area (Å²) in [6, 6.07) is 22.7. The summed E-state index contributed by atoms with van der Waals surface area (Å²) >= 11 is 0. The highest BCUT2D eigenvalue weighted by atomic mass is 16.6. The van der Waals surface area contributed by atoms with Crippen LogP contribution < -0.4 is 5.32 Å². The molecule has 4 rings (SSSR count). The quantitative estimate of drug-likeness (QED) is 0.398. The van der Waals surface area contributed by atoms with Gasteiger partial charge in [0.15, 0.2) is 5.76 Å². The molecule has 0 aliphatic carbocycles. The lowest BCUT2D eigenvalue weighted by molar-refractivity contribution is -0.384. The predicted molar refractivity (Wildman–Crippen MR) is 103 cm³/mol. The van der Waals surface area contributed by atoms with Crippen LogP contribution in [0.3, 0.4) is 0 Å². The molecular formula is C21H14N2O4. The van der Waals surface area contributed by atoms with Gasteiger partial charge in [0.25, 0.3) is 11.6 Å². The number of non-ortho nitro benzene ring substituents is 1. The number of carbonyl (C=O) groups excluding carboxylic acids is 1. The van der Waals surface area contributed by atoms with Gasteiger partial charge in [0, 0.05) is 28.8 Å². The Labute approximate surface area is 154 Å². The van der Waals surface area contributed by atoms with Crippen LogP contribution in [0.4, 0.5) is 11.4 Å². The van der Waals surface area contributed by atoms with Crippen molar-refractivity contribution in [3.63, 3.8) is 0 Å². The first kappa shape index (κ1) is 16.5. The second-order valence-corrected chi connectivity index (χ2v) is 5.95. The molecule has 0 spiro atoms. The van der Waals surface area contributed by atoms with Crippen LogP contribution in [0.25, 0.3) is 22.1 Å². The van der Waals surface area contributed by atoms with Crippen molar-refractivity contribution >= 4 is 28.1 Å². The van der Waals surface area contributed by atoms with E-state index >= 15 is 0 Å². The molecule has 27 heavy (non-hydrogen) atoms. The Bertz CT molecular complexity index is 1140. The summed E-state index contributed by atoms with van der Waals surface area (Å²) in [5, 5.41) is 15.6. The molecular weight excluding hydrogens is 344 g/mol. The van der Waals surface area contributed by atoms with Gasteiger partial charge in [0.1, 0.15) is 5.76 Å². The van der Waals surface area contributed by atoms with E-state index in [0.717, 1.165) is 10.8 Å². The number of rotatable bonds is 4. The fourth-order valence-electron chi connectivity index (χ4n) is 2.88. The third-order valence-corrected chi connectivity index (χ3v) is 4.23. The lowest BCUT2D eigenvalue weighted by atomic mass is 10.1. The molecule has 0 saturated heterocycles. The molecule has 0 atom stereocenters. The van der Waals surface area contributed by atoms with E-state index in [2.05, 4.69) is 5.32 Å². The second kappa shape index (κ2) is 6.76. The SMILES string of the molecule is O=C(Nc1cccc2ccccc12)c1ccc(-c2ccc([N+](=O)[O-])cc2)o1. The summed E-state index contributed by atoms with van der Waals surface area (Å²) in [7, 11) is 0. The Morgan fingerprint density at radius 1 is 0.889 bits per heavy atom. The van der Waals surface area contributed by atoms with Crippen LogP contribution in [0, 0.1) is 10.1 Å². The van der Waals surface area contributed by atoms with Crippen LogP contribution >= 0.6 is 0 Å². The Morgan fingerprint density at radius 2 is 1.63 bits per heavy atom. The maximum atomic E-state index is 12.6. The van der Waals surface area contributed by atoms with Crippen LogP contribution in [0.15, 0.2) is 83.3 Å². The van der Waals surface area contributed by atoms with Crippen LogP contribution in [0.2, 0.25) is 0 Å². The monoisotopic (exact) mass is 358 g/mol. The number of amides is 1. The van der Waals surface area contributed by atoms with E-state index in [1.807, 2.05) is 42.5 Å². The number of carbonyl (C=O) groups is 1. The second-order valence-electron chi connectivity index (χ2n) is 5.95. The highest BCUT2D eigenvalue weighted by Crippen LogP contribution is 2.26. The normalized spacial score (nSPS) is 10.7. The number of benzene rings is 3. The van der Waals surface area contributed by atoms with Crippen molar-refractivity contribution in [1.82, 2.24) is 0 Å². The van der Waals surface area contributed by atoms with Crippen LogP contribution in [-0.2, 0) is 0 Å². The standard InChI is InChI=1S/C21H14N2O4/c24-21(22-18-7-3-5-14-4-1-2-6-17(14)18)20-13-12-19(27-20)15-8-10-16(11-9-15)23(25)26/h1-13H,(H,22,24). The zero-order valence-corrected chi connectivity index (χ0v) is 14.1. The van der Waals surface area contributed by atoms with Gasteiger partial charge < -0.3 is 9.73 Å². The van der Waals surface area contributed by atoms with Gasteiger partial charge in [0.2, 0.25) is 0 Å². The molecule has 132 valence electrons. The number of hydrogen-bond donors (Lipinski definition) is 1. The molecule has 0 radical (unpaired) electrons. The van der Waals surface area contributed by atoms with Crippen molar-refractivity contribution in [3.05, 3.63) is 94.7 Å². The van der Waals surface area contributed by atoms with E-state index in [4.69, 9.17) is 4.42 Å². The molecule has 6 heteroatoms. The van der Waals surface area contributed by atoms with Gasteiger partial charge >= 0.3 is 0 Å². The van der Waals surface area contributed by atoms with E-state index in [9.17, 15) is 14.9 Å². The number of furan rings is 1. The lowest BCUT2D eigenvalue weighted by Gasteiger charge is -2.07. The molecule has 0 unspecified atom stereocenters. The van der Waals surface area contributed by atoms with Gasteiger partial charge in [-0.25, -0.2) is 0 Å². The molecule has 0 saturated carbocycles. The maximum Gasteiger partial charge on any atom is 0.291 e. The fraction of sp³-hybridized carbons (Fsp3) is 0. The molecule has 0 aliphatic heterocycles. The Kier molecular flexibility index (Phi) is 4.14. The van der Waals surface area contributed by atoms with E-state index in [1.165, 1.54) is 12.1 Å². The van der Waals surface area contributed by atoms with Crippen molar-refractivity contribution in [2.24, 2.45) is 0 Å². The van der Waals surface area contributed by atoms with Crippen LogP contribution in [-0.4, -0.2) is 10.8 Å². The number of fused-ring (bicyclic) bond motifs is 1. The molecule has 0 aliphatic rings. The van der Waals surface area contributed by atoms with E-state index in [0.29, 0.717) is 17.0 Å². The molecule has 0 fully saturated rings. The van der Waals surface area contributed by atoms with Gasteiger partial charge in [-0.1, -0.05) is 36.4 Å². The number of hydrogen-bond acceptors (Lipinski definition) is 4. The van der Waals surface area contributed by atoms with Gasteiger partial charge in [-0.05, 0) is 35.7 Å². The minimum absolute atomic E-state index is 0.000714.